The lowest BCUT2D eigenvalue weighted by Gasteiger charge is -2.24. The molecule has 2 aromatic carbocycles. The molecule has 9 heteroatoms. The fraction of sp³-hybridized carbons (Fsp3) is 0.304. The van der Waals surface area contributed by atoms with Crippen LogP contribution in [0.15, 0.2) is 52.9 Å². The minimum atomic E-state index is -0.432. The summed E-state index contributed by atoms with van der Waals surface area (Å²) in [7, 11) is 0. The molecule has 1 unspecified atom stereocenters. The number of carbonyl (C=O) groups is 2. The first kappa shape index (κ1) is 21.0. The third kappa shape index (κ3) is 4.23. The monoisotopic (exact) mass is 470 g/mol. The highest BCUT2D eigenvalue weighted by Gasteiger charge is 2.42. The summed E-state index contributed by atoms with van der Waals surface area (Å²) in [6.07, 6.45) is 2.02. The normalized spacial score (nSPS) is 18.2. The molecule has 1 atom stereocenters. The maximum atomic E-state index is 13.4. The van der Waals surface area contributed by atoms with E-state index < -0.39 is 5.92 Å². The number of aromatic nitrogens is 2. The van der Waals surface area contributed by atoms with E-state index in [2.05, 4.69) is 10.2 Å². The topological polar surface area (TPSA) is 79.5 Å². The van der Waals surface area contributed by atoms with Gasteiger partial charge >= 0.3 is 0 Å². The van der Waals surface area contributed by atoms with E-state index in [0.29, 0.717) is 34.1 Å². The Kier molecular flexibility index (Phi) is 5.61. The highest BCUT2D eigenvalue weighted by atomic mass is 35.5. The summed E-state index contributed by atoms with van der Waals surface area (Å²) in [5.41, 5.74) is 1.39. The smallest absolute Gasteiger partial charge is 0.247 e. The van der Waals surface area contributed by atoms with Crippen molar-refractivity contribution < 1.29 is 14.0 Å². The van der Waals surface area contributed by atoms with Crippen molar-refractivity contribution >= 4 is 40.7 Å². The van der Waals surface area contributed by atoms with Gasteiger partial charge in [-0.05, 0) is 49.2 Å². The molecule has 164 valence electrons. The average molecular weight is 471 g/mol. The molecule has 2 amide bonds. The Morgan fingerprint density at radius 3 is 2.56 bits per heavy atom. The molecule has 2 aliphatic rings. The summed E-state index contributed by atoms with van der Waals surface area (Å²) in [6.45, 7) is 0.533. The summed E-state index contributed by atoms with van der Waals surface area (Å²) in [5, 5.41) is 9.34. The fourth-order valence-corrected chi connectivity index (χ4v) is 4.32. The number of benzene rings is 2. The van der Waals surface area contributed by atoms with E-state index in [9.17, 15) is 9.59 Å². The Balaban J connectivity index is 1.31. The summed E-state index contributed by atoms with van der Waals surface area (Å²) < 4.78 is 5.80. The zero-order valence-electron chi connectivity index (χ0n) is 17.1. The van der Waals surface area contributed by atoms with Gasteiger partial charge in [0.25, 0.3) is 0 Å². The maximum absolute atomic E-state index is 13.4. The van der Waals surface area contributed by atoms with E-state index >= 15 is 0 Å². The van der Waals surface area contributed by atoms with Crippen molar-refractivity contribution in [3.63, 3.8) is 0 Å². The van der Waals surface area contributed by atoms with Crippen molar-refractivity contribution in [1.29, 1.82) is 0 Å². The zero-order valence-corrected chi connectivity index (χ0v) is 18.6. The molecule has 1 aliphatic heterocycles. The lowest BCUT2D eigenvalue weighted by molar-refractivity contribution is -0.137. The van der Waals surface area contributed by atoms with E-state index in [0.717, 1.165) is 18.4 Å². The number of hydrogen-bond donors (Lipinski definition) is 0. The van der Waals surface area contributed by atoms with Crippen LogP contribution in [0.2, 0.25) is 10.0 Å². The number of para-hydroxylation sites is 1. The van der Waals surface area contributed by atoms with E-state index in [1.807, 2.05) is 12.1 Å². The lowest BCUT2D eigenvalue weighted by atomic mass is 10.1. The number of amides is 2. The summed E-state index contributed by atoms with van der Waals surface area (Å²) in [5.74, 6) is 0.137. The molecule has 7 nitrogen and oxygen atoms in total. The molecular weight excluding hydrogens is 451 g/mol. The van der Waals surface area contributed by atoms with Gasteiger partial charge in [0.1, 0.15) is 0 Å². The van der Waals surface area contributed by atoms with Crippen molar-refractivity contribution in [3.05, 3.63) is 64.5 Å². The minimum Gasteiger partial charge on any atom is -0.419 e. The Morgan fingerprint density at radius 1 is 1.09 bits per heavy atom. The molecule has 2 fully saturated rings. The average Bonchev–Trinajstić information content (AvgIpc) is 3.40. The standard InChI is InChI=1S/C23H20Cl2N4O3/c24-16-7-5-14(6-8-16)22-27-26-20(32-22)13-28(17-9-10-17)23(31)15-11-21(30)29(12-15)19-4-2-1-3-18(19)25/h1-8,15,17H,9-13H2. The second-order valence-corrected chi connectivity index (χ2v) is 8.91. The van der Waals surface area contributed by atoms with Crippen LogP contribution >= 0.6 is 23.2 Å². The number of nitrogens with zero attached hydrogens (tertiary/aromatic N) is 4. The number of carbonyl (C=O) groups excluding carboxylic acids is 2. The van der Waals surface area contributed by atoms with Gasteiger partial charge in [0, 0.05) is 29.6 Å². The zero-order chi connectivity index (χ0) is 22.2. The summed E-state index contributed by atoms with van der Waals surface area (Å²) in [6, 6.07) is 14.4. The quantitative estimate of drug-likeness (QED) is 0.526. The summed E-state index contributed by atoms with van der Waals surface area (Å²) >= 11 is 12.2. The molecule has 1 saturated heterocycles. The van der Waals surface area contributed by atoms with Crippen LogP contribution in [0, 0.1) is 5.92 Å². The molecule has 32 heavy (non-hydrogen) atoms. The number of hydrogen-bond acceptors (Lipinski definition) is 5. The van der Waals surface area contributed by atoms with Gasteiger partial charge in [-0.3, -0.25) is 9.59 Å². The third-order valence-corrected chi connectivity index (χ3v) is 6.32. The highest BCUT2D eigenvalue weighted by molar-refractivity contribution is 6.34. The van der Waals surface area contributed by atoms with Gasteiger partial charge < -0.3 is 14.2 Å². The van der Waals surface area contributed by atoms with Gasteiger partial charge in [-0.25, -0.2) is 0 Å². The first-order valence-corrected chi connectivity index (χ1v) is 11.2. The van der Waals surface area contributed by atoms with Crippen molar-refractivity contribution in [2.45, 2.75) is 31.8 Å². The van der Waals surface area contributed by atoms with Crippen molar-refractivity contribution in [2.75, 3.05) is 11.4 Å². The predicted molar refractivity (Wildman–Crippen MR) is 120 cm³/mol. The largest absolute Gasteiger partial charge is 0.419 e. The van der Waals surface area contributed by atoms with Crippen molar-refractivity contribution in [2.24, 2.45) is 5.92 Å². The molecule has 0 radical (unpaired) electrons. The number of halogens is 2. The molecule has 2 heterocycles. The molecule has 5 rings (SSSR count). The first-order chi connectivity index (χ1) is 15.5. The van der Waals surface area contributed by atoms with Crippen LogP contribution < -0.4 is 4.90 Å². The molecule has 3 aromatic rings. The molecule has 0 N–H and O–H groups in total. The summed E-state index contributed by atoms with van der Waals surface area (Å²) in [4.78, 5) is 29.4. The van der Waals surface area contributed by atoms with Crippen LogP contribution in [0.1, 0.15) is 25.2 Å². The SMILES string of the molecule is O=C1CC(C(=O)N(Cc2nnc(-c3ccc(Cl)cc3)o2)C2CC2)CN1c1ccccc1Cl. The number of rotatable bonds is 6. The van der Waals surface area contributed by atoms with Crippen LogP contribution in [0.4, 0.5) is 5.69 Å². The molecule has 1 aliphatic carbocycles. The second kappa shape index (κ2) is 8.56. The van der Waals surface area contributed by atoms with Crippen molar-refractivity contribution in [3.8, 4) is 11.5 Å². The van der Waals surface area contributed by atoms with E-state index in [1.165, 1.54) is 0 Å². The molecular formula is C23H20Cl2N4O3. The molecule has 0 bridgehead atoms. The Morgan fingerprint density at radius 2 is 1.84 bits per heavy atom. The second-order valence-electron chi connectivity index (χ2n) is 8.06. The predicted octanol–water partition coefficient (Wildman–Crippen LogP) is 4.59. The Bertz CT molecular complexity index is 1160. The maximum Gasteiger partial charge on any atom is 0.247 e. The van der Waals surface area contributed by atoms with Gasteiger partial charge in [-0.1, -0.05) is 35.3 Å². The van der Waals surface area contributed by atoms with Crippen molar-refractivity contribution in [1.82, 2.24) is 15.1 Å². The van der Waals surface area contributed by atoms with E-state index in [-0.39, 0.29) is 30.8 Å². The minimum absolute atomic E-state index is 0.0679. The highest BCUT2D eigenvalue weighted by Crippen LogP contribution is 2.35. The van der Waals surface area contributed by atoms with Crippen LogP contribution in [-0.4, -0.2) is 39.5 Å². The Hall–Kier alpha value is -2.90. The molecule has 0 spiro atoms. The fourth-order valence-electron chi connectivity index (χ4n) is 3.96. The van der Waals surface area contributed by atoms with Crippen LogP contribution in [-0.2, 0) is 16.1 Å². The number of anilines is 1. The van der Waals surface area contributed by atoms with Crippen LogP contribution in [0.3, 0.4) is 0 Å². The third-order valence-electron chi connectivity index (χ3n) is 5.75. The van der Waals surface area contributed by atoms with E-state index in [4.69, 9.17) is 27.6 Å². The van der Waals surface area contributed by atoms with Gasteiger partial charge in [-0.2, -0.15) is 0 Å². The van der Waals surface area contributed by atoms with Gasteiger partial charge in [0.2, 0.25) is 23.6 Å². The van der Waals surface area contributed by atoms with Crippen LogP contribution in [0.5, 0.6) is 0 Å². The first-order valence-electron chi connectivity index (χ1n) is 10.4. The van der Waals surface area contributed by atoms with E-state index in [1.54, 1.807) is 46.2 Å². The molecule has 1 saturated carbocycles. The Labute approximate surface area is 194 Å². The van der Waals surface area contributed by atoms with Gasteiger partial charge in [0.05, 0.1) is 23.2 Å². The molecule has 1 aromatic heterocycles. The lowest BCUT2D eigenvalue weighted by Crippen LogP contribution is -2.38. The van der Waals surface area contributed by atoms with Gasteiger partial charge in [-0.15, -0.1) is 10.2 Å². The van der Waals surface area contributed by atoms with Gasteiger partial charge in [0.15, 0.2) is 0 Å². The van der Waals surface area contributed by atoms with Crippen LogP contribution in [0.25, 0.3) is 11.5 Å².